The second-order valence-corrected chi connectivity index (χ2v) is 46.4. The molecule has 1 heterocycles. The Kier molecular flexibility index (Phi) is 39.6. The number of rotatable bonds is 30. The molecule has 14 heteroatoms. The lowest BCUT2D eigenvalue weighted by molar-refractivity contribution is 0.0949. The van der Waals surface area contributed by atoms with E-state index in [4.69, 9.17) is 23.2 Å². The first kappa shape index (κ1) is 86.0. The fourth-order valence-electron chi connectivity index (χ4n) is 13.3. The zero-order chi connectivity index (χ0) is 76.3. The van der Waals surface area contributed by atoms with Crippen molar-refractivity contribution in [3.63, 3.8) is 0 Å². The topological polar surface area (TPSA) is 54.5 Å². The molecule has 0 spiro atoms. The summed E-state index contributed by atoms with van der Waals surface area (Å²) >= 11 is 11.2. The van der Waals surface area contributed by atoms with E-state index in [1.54, 1.807) is 38.3 Å². The molecule has 0 aliphatic carbocycles. The molecule has 1 saturated heterocycles. The molecule has 4 nitrogen and oxygen atoms in total. The van der Waals surface area contributed by atoms with Gasteiger partial charge in [-0.3, -0.25) is 14.5 Å². The van der Waals surface area contributed by atoms with Gasteiger partial charge in [0.1, 0.15) is 0 Å². The highest BCUT2D eigenvalue weighted by Crippen LogP contribution is 2.50. The molecule has 0 saturated carbocycles. The molecule has 564 valence electrons. The highest BCUT2D eigenvalue weighted by molar-refractivity contribution is 7.72. The van der Waals surface area contributed by atoms with Gasteiger partial charge in [-0.15, -0.1) is 23.2 Å². The normalized spacial score (nSPS) is 15.6. The van der Waals surface area contributed by atoms with Crippen molar-refractivity contribution in [3.8, 4) is 0 Å². The van der Waals surface area contributed by atoms with Gasteiger partial charge in [0.15, 0.2) is 23.0 Å². The Bertz CT molecular complexity index is 4250. The molecule has 1 aliphatic heterocycles. The highest BCUT2D eigenvalue weighted by Gasteiger charge is 2.25. The van der Waals surface area contributed by atoms with Crippen LogP contribution in [0.25, 0.3) is 0 Å². The quantitative estimate of drug-likeness (QED) is 0.0195. The SMILES string of the molecule is O=C(CCP(CC[P+](=O)c1ccccc1)c1ccccc1)c1ccccc1.O=C(CN(CCl)CCl)c1ccccc1.c1ccc(CP(CCP(CCP(Cc2ccccc2)c2ccccc2)c2ccccc2)c2ccccc2)cc1.c1ccc(P2CCCCCP(c3ccccc3)CCP(c3ccccc3)CC2)cc1. The zero-order valence-corrected chi connectivity index (χ0v) is 71.9. The molecular formula is C96H104Cl2NO3P8+. The molecule has 0 aromatic heterocycles. The molecular weight excluding hydrogens is 1530 g/mol. The van der Waals surface area contributed by atoms with Gasteiger partial charge in [-0.05, 0) is 153 Å². The van der Waals surface area contributed by atoms with Crippen molar-refractivity contribution in [1.29, 1.82) is 0 Å². The minimum absolute atomic E-state index is 0.0103. The summed E-state index contributed by atoms with van der Waals surface area (Å²) in [7, 11) is -2.68. The summed E-state index contributed by atoms with van der Waals surface area (Å²) in [5.41, 5.74) is 4.39. The Balaban J connectivity index is 0.000000164. The lowest BCUT2D eigenvalue weighted by Crippen LogP contribution is -2.27. The number of ketones is 2. The maximum atomic E-state index is 12.6. The van der Waals surface area contributed by atoms with Gasteiger partial charge >= 0.3 is 7.80 Å². The van der Waals surface area contributed by atoms with E-state index in [-0.39, 0.29) is 77.6 Å². The number of Topliss-reactive ketones (excluding diaryl/α,β-unsaturated/α-hetero) is 2. The molecule has 12 aromatic carbocycles. The van der Waals surface area contributed by atoms with Crippen LogP contribution in [0.2, 0.25) is 0 Å². The van der Waals surface area contributed by atoms with Gasteiger partial charge in [-0.1, -0.05) is 418 Å². The van der Waals surface area contributed by atoms with E-state index in [0.29, 0.717) is 18.1 Å². The average molecular weight is 1640 g/mol. The Labute approximate surface area is 677 Å². The monoisotopic (exact) mass is 1640 g/mol. The lowest BCUT2D eigenvalue weighted by Gasteiger charge is -2.27. The van der Waals surface area contributed by atoms with Crippen LogP contribution >= 0.6 is 86.5 Å². The zero-order valence-electron chi connectivity index (χ0n) is 63.2. The number of carbonyl (C=O) groups is 2. The number of halogens is 2. The van der Waals surface area contributed by atoms with E-state index >= 15 is 0 Å². The summed E-state index contributed by atoms with van der Waals surface area (Å²) in [6.45, 7) is 0.261. The maximum Gasteiger partial charge on any atom is 0.377 e. The van der Waals surface area contributed by atoms with Gasteiger partial charge in [0.2, 0.25) is 0 Å². The predicted molar refractivity (Wildman–Crippen MR) is 496 cm³/mol. The van der Waals surface area contributed by atoms with E-state index < -0.39 is 15.7 Å². The molecule has 110 heavy (non-hydrogen) atoms. The Morgan fingerprint density at radius 3 is 0.945 bits per heavy atom. The average Bonchev–Trinajstić information content (AvgIpc) is 0.857. The highest BCUT2D eigenvalue weighted by atomic mass is 35.5. The molecule has 0 amide bonds. The first-order chi connectivity index (χ1) is 54.3. The summed E-state index contributed by atoms with van der Waals surface area (Å²) in [5.74, 6) is 0.221. The van der Waals surface area contributed by atoms with Crippen molar-refractivity contribution in [2.45, 2.75) is 38.0 Å². The van der Waals surface area contributed by atoms with Gasteiger partial charge in [0.25, 0.3) is 0 Å². The van der Waals surface area contributed by atoms with Gasteiger partial charge < -0.3 is 0 Å². The maximum absolute atomic E-state index is 12.6. The van der Waals surface area contributed by atoms with Crippen LogP contribution in [0.1, 0.15) is 57.5 Å². The summed E-state index contributed by atoms with van der Waals surface area (Å²) in [6.07, 6.45) is 23.1. The van der Waals surface area contributed by atoms with Gasteiger partial charge in [0, 0.05) is 23.7 Å². The van der Waals surface area contributed by atoms with Crippen LogP contribution in [0.5, 0.6) is 0 Å². The van der Waals surface area contributed by atoms with Crippen LogP contribution in [-0.4, -0.2) is 115 Å². The predicted octanol–water partition coefficient (Wildman–Crippen LogP) is 23.2. The van der Waals surface area contributed by atoms with Crippen LogP contribution in [-0.2, 0) is 16.9 Å². The standard InChI is InChI=1S/C36H37P3.C27H33P3.C23H23O2P2.C10H11Cl2NO/c1-6-16-32(17-7-1)30-38(35-22-12-4-13-23-35)28-26-37(34-20-10-3-11-21-34)27-29-39(36-24-14-5-15-25-36)31-33-18-8-2-9-19-33;1-5-13-25(14-6-1)28-19-11-4-12-20-29(26-15-7-2-8-16-26)22-24-30(23-21-28)27-17-9-3-10-18-27;24-23(20-10-4-1-5-11-20)16-17-26(21-12-6-2-7-13-21)18-19-27(25)22-14-8-3-9-15-22;11-7-13(8-12)6-10(14)9-4-2-1-3-5-9/h1-25H,26-31H2;1-3,5-10,13-18H,4,11-12,19-24H2;1-15H,16-19H2;1-5H,6-8H2/q;;+1;. The molecule has 6 unspecified atom stereocenters. The minimum Gasteiger partial charge on any atom is -0.294 e. The van der Waals surface area contributed by atoms with Crippen LogP contribution in [0.4, 0.5) is 0 Å². The summed E-state index contributed by atoms with van der Waals surface area (Å²) in [5, 5.41) is 11.7. The Morgan fingerprint density at radius 1 is 0.309 bits per heavy atom. The lowest BCUT2D eigenvalue weighted by atomic mass is 10.1. The Hall–Kier alpha value is -6.37. The van der Waals surface area contributed by atoms with Crippen LogP contribution in [0.15, 0.2) is 364 Å². The van der Waals surface area contributed by atoms with Crippen molar-refractivity contribution >= 4 is 140 Å². The molecule has 0 N–H and O–H groups in total. The minimum atomic E-state index is -1.39. The molecule has 0 bridgehead atoms. The molecule has 0 radical (unpaired) electrons. The number of hydrogen-bond acceptors (Lipinski definition) is 4. The van der Waals surface area contributed by atoms with Crippen molar-refractivity contribution < 1.29 is 14.2 Å². The first-order valence-corrected chi connectivity index (χ1v) is 52.9. The van der Waals surface area contributed by atoms with Crippen LogP contribution < -0.4 is 42.4 Å². The van der Waals surface area contributed by atoms with Crippen LogP contribution in [0, 0.1) is 0 Å². The molecule has 6 atom stereocenters. The van der Waals surface area contributed by atoms with Crippen molar-refractivity contribution in [1.82, 2.24) is 4.90 Å². The largest absolute Gasteiger partial charge is 0.377 e. The molecule has 1 fully saturated rings. The summed E-state index contributed by atoms with van der Waals surface area (Å²) in [6, 6.07) is 130. The van der Waals surface area contributed by atoms with Gasteiger partial charge in [-0.25, -0.2) is 0 Å². The van der Waals surface area contributed by atoms with Gasteiger partial charge in [-0.2, -0.15) is 0 Å². The third kappa shape index (κ3) is 30.5. The third-order valence-corrected chi connectivity index (χ3v) is 41.3. The second-order valence-electron chi connectivity index (χ2n) is 27.0. The number of hydrogen-bond donors (Lipinski definition) is 0. The second kappa shape index (κ2) is 50.7. The van der Waals surface area contributed by atoms with E-state index in [9.17, 15) is 14.2 Å². The van der Waals surface area contributed by atoms with Crippen molar-refractivity contribution in [2.75, 3.05) is 98.7 Å². The molecule has 1 aliphatic rings. The third-order valence-electron chi connectivity index (χ3n) is 19.3. The van der Waals surface area contributed by atoms with Crippen molar-refractivity contribution in [3.05, 3.63) is 386 Å². The van der Waals surface area contributed by atoms with Gasteiger partial charge in [0.05, 0.1) is 18.6 Å². The number of carbonyl (C=O) groups excluding carboxylic acids is 2. The number of benzene rings is 12. The summed E-state index contributed by atoms with van der Waals surface area (Å²) in [4.78, 5) is 25.8. The fraction of sp³-hybridized carbons (Fsp3) is 0.229. The number of alkyl halides is 2. The number of nitrogens with zero attached hydrogens (tertiary/aromatic N) is 1. The van der Waals surface area contributed by atoms with E-state index in [1.165, 1.54) is 120 Å². The smallest absolute Gasteiger partial charge is 0.294 e. The molecule has 13 rings (SSSR count). The molecule has 12 aromatic rings. The van der Waals surface area contributed by atoms with Crippen LogP contribution in [0.3, 0.4) is 0 Å². The van der Waals surface area contributed by atoms with E-state index in [1.807, 2.05) is 97.1 Å². The first-order valence-electron chi connectivity index (χ1n) is 38.4. The van der Waals surface area contributed by atoms with E-state index in [0.717, 1.165) is 23.2 Å². The fourth-order valence-corrected chi connectivity index (χ4v) is 35.9. The Morgan fingerprint density at radius 2 is 0.591 bits per heavy atom. The van der Waals surface area contributed by atoms with Crippen molar-refractivity contribution in [2.24, 2.45) is 0 Å². The summed E-state index contributed by atoms with van der Waals surface area (Å²) < 4.78 is 12.6. The van der Waals surface area contributed by atoms with E-state index in [2.05, 4.69) is 255 Å².